The molecule has 0 radical (unpaired) electrons. The zero-order chi connectivity index (χ0) is 44.1. The van der Waals surface area contributed by atoms with Crippen molar-refractivity contribution in [2.24, 2.45) is 11.8 Å². The topological polar surface area (TPSA) is 165 Å². The number of hydrogen-bond donors (Lipinski definition) is 3. The van der Waals surface area contributed by atoms with Gasteiger partial charge in [0.05, 0.1) is 41.9 Å². The molecule has 8 atom stereocenters. The van der Waals surface area contributed by atoms with Gasteiger partial charge in [0.2, 0.25) is 11.8 Å². The Hall–Kier alpha value is -3.73. The molecule has 4 bridgehead atoms. The second kappa shape index (κ2) is 20.0. The van der Waals surface area contributed by atoms with E-state index in [0.717, 1.165) is 17.6 Å². The molecule has 2 aromatic carbocycles. The number of aliphatic hydroxyl groups is 1. The molecule has 3 aliphatic heterocycles. The highest BCUT2D eigenvalue weighted by Crippen LogP contribution is 2.49. The molecule has 0 aliphatic carbocycles. The molecule has 60 heavy (non-hydrogen) atoms. The molecule has 0 spiro atoms. The van der Waals surface area contributed by atoms with Crippen LogP contribution in [0, 0.1) is 11.8 Å². The van der Waals surface area contributed by atoms with Crippen LogP contribution in [0.4, 0.5) is 16.2 Å². The normalized spacial score (nSPS) is 29.0. The van der Waals surface area contributed by atoms with Crippen LogP contribution in [-0.2, 0) is 39.8 Å². The quantitative estimate of drug-likeness (QED) is 0.113. The zero-order valence-corrected chi connectivity index (χ0v) is 38.3. The maximum Gasteiger partial charge on any atom is 0.409 e. The van der Waals surface area contributed by atoms with E-state index in [4.69, 9.17) is 35.3 Å². The predicted molar refractivity (Wildman–Crippen MR) is 237 cm³/mol. The number of nitrogens with zero attached hydrogens (tertiary/aromatic N) is 1. The monoisotopic (exact) mass is 887 g/mol. The van der Waals surface area contributed by atoms with E-state index in [0.29, 0.717) is 51.4 Å². The van der Waals surface area contributed by atoms with Gasteiger partial charge in [-0.05, 0) is 68.3 Å². The average molecular weight is 889 g/mol. The Morgan fingerprint density at radius 1 is 1.17 bits per heavy atom. The van der Waals surface area contributed by atoms with Gasteiger partial charge in [0.15, 0.2) is 5.72 Å². The number of allylic oxidation sites excluding steroid dienone is 3. The number of alkyl carbamates (subject to hydrolysis) is 1. The molecular weight excluding hydrogens is 830 g/mol. The SMILES string of the molecule is COc1cc2cc(c1-c1ccc(NC(=O)CCC(C)SSC)c(Cl)c1)N(C)C(=O)C[C@H](OC(=O)C(C)C)[C@]1(C)O[C@H]1[C@H](C)[C@@H]1C[C@@](O)(NC(=O)O1)[C@H](OC)/C=C/C=C(\C)C2. The van der Waals surface area contributed by atoms with Crippen LogP contribution in [0.1, 0.15) is 72.8 Å². The Kier molecular flexibility index (Phi) is 15.8. The molecular formula is C44H58ClN3O10S2. The van der Waals surface area contributed by atoms with Crippen molar-refractivity contribution in [3.8, 4) is 16.9 Å². The first-order chi connectivity index (χ1) is 28.3. The molecule has 16 heteroatoms. The molecule has 1 unspecified atom stereocenters. The highest BCUT2D eigenvalue weighted by molar-refractivity contribution is 8.76. The number of ether oxygens (including phenoxy) is 5. The van der Waals surface area contributed by atoms with Crippen molar-refractivity contribution < 1.29 is 48.0 Å². The number of esters is 1. The van der Waals surface area contributed by atoms with Gasteiger partial charge in [-0.3, -0.25) is 19.7 Å². The minimum Gasteiger partial charge on any atom is -0.496 e. The fraction of sp³-hybridized carbons (Fsp3) is 0.545. The summed E-state index contributed by atoms with van der Waals surface area (Å²) in [6.45, 7) is 11.1. The van der Waals surface area contributed by atoms with Crippen LogP contribution in [0.5, 0.6) is 5.75 Å². The summed E-state index contributed by atoms with van der Waals surface area (Å²) >= 11 is 6.84. The number of halogens is 1. The summed E-state index contributed by atoms with van der Waals surface area (Å²) in [5.41, 5.74) is 1.00. The predicted octanol–water partition coefficient (Wildman–Crippen LogP) is 8.11. The van der Waals surface area contributed by atoms with Crippen LogP contribution in [-0.4, -0.2) is 97.5 Å². The number of methoxy groups -OCH3 is 2. The van der Waals surface area contributed by atoms with Gasteiger partial charge >= 0.3 is 12.1 Å². The first-order valence-electron chi connectivity index (χ1n) is 20.1. The maximum absolute atomic E-state index is 14.6. The number of benzene rings is 2. The fourth-order valence-corrected chi connectivity index (χ4v) is 9.80. The van der Waals surface area contributed by atoms with E-state index in [1.54, 1.807) is 80.8 Å². The van der Waals surface area contributed by atoms with Crippen LogP contribution < -0.4 is 20.3 Å². The Bertz CT molecular complexity index is 2000. The first-order valence-corrected chi connectivity index (χ1v) is 23.1. The molecule has 2 aromatic rings. The molecule has 2 saturated heterocycles. The van der Waals surface area contributed by atoms with Crippen molar-refractivity contribution in [1.29, 1.82) is 0 Å². The smallest absolute Gasteiger partial charge is 0.409 e. The van der Waals surface area contributed by atoms with Crippen molar-refractivity contribution in [2.75, 3.05) is 37.7 Å². The Morgan fingerprint density at radius 3 is 2.55 bits per heavy atom. The van der Waals surface area contributed by atoms with Crippen LogP contribution >= 0.6 is 33.2 Å². The fourth-order valence-electron chi connectivity index (χ4n) is 7.75. The third-order valence-electron chi connectivity index (χ3n) is 11.3. The third-order valence-corrected chi connectivity index (χ3v) is 13.9. The van der Waals surface area contributed by atoms with E-state index in [2.05, 4.69) is 17.6 Å². The number of hydrogen-bond acceptors (Lipinski definition) is 12. The van der Waals surface area contributed by atoms with E-state index in [9.17, 15) is 24.3 Å². The molecule has 0 aromatic heterocycles. The van der Waals surface area contributed by atoms with Gasteiger partial charge in [0.1, 0.15) is 29.7 Å². The van der Waals surface area contributed by atoms with Crippen LogP contribution in [0.15, 0.2) is 54.1 Å². The number of epoxide rings is 1. The number of anilines is 2. The minimum atomic E-state index is -1.81. The molecule has 5 rings (SSSR count). The summed E-state index contributed by atoms with van der Waals surface area (Å²) in [7, 11) is 8.05. The molecule has 3 amide bonds. The molecule has 2 fully saturated rings. The van der Waals surface area contributed by atoms with Gasteiger partial charge in [-0.2, -0.15) is 0 Å². The molecule has 3 N–H and O–H groups in total. The summed E-state index contributed by atoms with van der Waals surface area (Å²) in [4.78, 5) is 55.1. The molecule has 328 valence electrons. The van der Waals surface area contributed by atoms with Gasteiger partial charge < -0.3 is 39.0 Å². The van der Waals surface area contributed by atoms with Gasteiger partial charge in [0, 0.05) is 43.7 Å². The van der Waals surface area contributed by atoms with Crippen molar-refractivity contribution in [3.63, 3.8) is 0 Å². The third kappa shape index (κ3) is 11.0. The van der Waals surface area contributed by atoms with Gasteiger partial charge in [-0.15, -0.1) is 0 Å². The summed E-state index contributed by atoms with van der Waals surface area (Å²) < 4.78 is 29.7. The lowest BCUT2D eigenvalue weighted by molar-refractivity contribution is -0.157. The highest BCUT2D eigenvalue weighted by Gasteiger charge is 2.64. The first kappa shape index (κ1) is 47.3. The number of fused-ring (bicyclic) bond motifs is 5. The molecule has 13 nitrogen and oxygen atoms in total. The summed E-state index contributed by atoms with van der Waals surface area (Å²) in [6.07, 6.45) is 4.38. The number of rotatable bonds is 11. The standard InChI is InChI=1S/C44H58ClN3O10S2/c1-24(2)41(51)57-36-22-38(50)48(7)32-19-28(20-33(54-8)39(32)29-15-16-31(30(45)21-29)46-37(49)17-14-26(4)60-59-10)18-25(3)12-11-13-35(55-9)44(53)23-34(56-42(52)47-44)27(5)40-43(36,6)58-40/h11-13,15-16,19-21,24,26-27,34-36,40,53H,14,17-18,22-23H2,1-10H3,(H,46,49)(H,47,52)/b13-11+,25-12+/t26?,27-,34+,35-,36+,40+,43+,44+/m1/s1. The van der Waals surface area contributed by atoms with E-state index in [1.165, 1.54) is 12.0 Å². The van der Waals surface area contributed by atoms with E-state index in [-0.39, 0.29) is 24.7 Å². The second-order valence-corrected chi connectivity index (χ2v) is 19.6. The Balaban J connectivity index is 1.59. The lowest BCUT2D eigenvalue weighted by Crippen LogP contribution is -2.63. The minimum absolute atomic E-state index is 0.0256. The lowest BCUT2D eigenvalue weighted by atomic mass is 9.83. The number of carbonyl (C=O) groups is 4. The van der Waals surface area contributed by atoms with Gasteiger partial charge in [-0.25, -0.2) is 4.79 Å². The number of amides is 3. The van der Waals surface area contributed by atoms with Crippen molar-refractivity contribution >= 4 is 68.4 Å². The van der Waals surface area contributed by atoms with Crippen molar-refractivity contribution in [1.82, 2.24) is 5.32 Å². The second-order valence-electron chi connectivity index (χ2n) is 16.3. The Labute approximate surface area is 366 Å². The summed E-state index contributed by atoms with van der Waals surface area (Å²) in [5, 5.41) is 17.9. The Morgan fingerprint density at radius 2 is 1.90 bits per heavy atom. The number of nitrogens with one attached hydrogen (secondary N) is 2. The zero-order valence-electron chi connectivity index (χ0n) is 36.0. The van der Waals surface area contributed by atoms with E-state index in [1.807, 2.05) is 44.4 Å². The molecule has 0 saturated carbocycles. The lowest BCUT2D eigenvalue weighted by Gasteiger charge is -2.42. The van der Waals surface area contributed by atoms with Gasteiger partial charge in [-0.1, -0.05) is 90.8 Å². The largest absolute Gasteiger partial charge is 0.496 e. The summed E-state index contributed by atoms with van der Waals surface area (Å²) in [5.74, 6) is -1.52. The van der Waals surface area contributed by atoms with Crippen molar-refractivity contribution in [3.05, 3.63) is 64.7 Å². The number of carbonyl (C=O) groups excluding carboxylic acids is 4. The average Bonchev–Trinajstić information content (AvgIpc) is 3.89. The van der Waals surface area contributed by atoms with Crippen LogP contribution in [0.3, 0.4) is 0 Å². The summed E-state index contributed by atoms with van der Waals surface area (Å²) in [6, 6.07) is 9.10. The van der Waals surface area contributed by atoms with Crippen LogP contribution in [0.2, 0.25) is 5.02 Å². The maximum atomic E-state index is 14.6. The van der Waals surface area contributed by atoms with Crippen LogP contribution in [0.25, 0.3) is 11.1 Å². The molecule has 3 heterocycles. The van der Waals surface area contributed by atoms with E-state index >= 15 is 0 Å². The highest BCUT2D eigenvalue weighted by atomic mass is 35.5. The molecule has 3 aliphatic rings. The van der Waals surface area contributed by atoms with Gasteiger partial charge in [0.25, 0.3) is 0 Å². The van der Waals surface area contributed by atoms with E-state index < -0.39 is 59.6 Å². The van der Waals surface area contributed by atoms with Crippen molar-refractivity contribution in [2.45, 2.75) is 115 Å².